The number of nitro groups is 1. The van der Waals surface area contributed by atoms with Crippen LogP contribution < -0.4 is 0 Å². The minimum atomic E-state index is -0.428. The molecule has 0 saturated carbocycles. The third-order valence-corrected chi connectivity index (χ3v) is 3.59. The molecular weight excluding hydrogens is 296 g/mol. The standard InChI is InChI=1S/C15H16N6O2/c1-12-16-10-15(21(22)23)20(12)8-7-19-11-14(17-18-19)9-13-5-3-2-4-6-13/h2-6,10-11H,7-9H2,1H3. The van der Waals surface area contributed by atoms with Crippen molar-refractivity contribution in [1.82, 2.24) is 24.5 Å². The SMILES string of the molecule is Cc1ncc([N+](=O)[O-])n1CCn1cc(Cc2ccccc2)nn1. The molecule has 0 radical (unpaired) electrons. The average Bonchev–Trinajstić information content (AvgIpc) is 3.13. The van der Waals surface area contributed by atoms with Crippen LogP contribution in [0.15, 0.2) is 42.7 Å². The second-order valence-electron chi connectivity index (χ2n) is 5.21. The normalized spacial score (nSPS) is 10.8. The van der Waals surface area contributed by atoms with Crippen molar-refractivity contribution in [1.29, 1.82) is 0 Å². The monoisotopic (exact) mass is 312 g/mol. The van der Waals surface area contributed by atoms with Gasteiger partial charge in [0.1, 0.15) is 12.7 Å². The van der Waals surface area contributed by atoms with Crippen LogP contribution in [-0.2, 0) is 19.5 Å². The number of rotatable bonds is 6. The van der Waals surface area contributed by atoms with Crippen molar-refractivity contribution in [3.63, 3.8) is 0 Å². The third-order valence-electron chi connectivity index (χ3n) is 3.59. The van der Waals surface area contributed by atoms with Gasteiger partial charge in [-0.3, -0.25) is 0 Å². The van der Waals surface area contributed by atoms with Crippen LogP contribution in [0, 0.1) is 17.0 Å². The molecule has 2 heterocycles. The van der Waals surface area contributed by atoms with Crippen LogP contribution >= 0.6 is 0 Å². The second kappa shape index (κ2) is 6.39. The first-order valence-electron chi connectivity index (χ1n) is 7.23. The number of aromatic nitrogens is 5. The van der Waals surface area contributed by atoms with Crippen LogP contribution in [-0.4, -0.2) is 29.5 Å². The first-order valence-corrected chi connectivity index (χ1v) is 7.23. The summed E-state index contributed by atoms with van der Waals surface area (Å²) < 4.78 is 3.26. The first kappa shape index (κ1) is 14.9. The van der Waals surface area contributed by atoms with Crippen LogP contribution in [0.5, 0.6) is 0 Å². The van der Waals surface area contributed by atoms with E-state index in [1.807, 2.05) is 36.5 Å². The summed E-state index contributed by atoms with van der Waals surface area (Å²) in [6.07, 6.45) is 3.85. The lowest BCUT2D eigenvalue weighted by molar-refractivity contribution is -0.392. The van der Waals surface area contributed by atoms with E-state index in [4.69, 9.17) is 0 Å². The van der Waals surface area contributed by atoms with E-state index < -0.39 is 4.92 Å². The third kappa shape index (κ3) is 3.42. The van der Waals surface area contributed by atoms with Gasteiger partial charge in [0, 0.05) is 19.5 Å². The summed E-state index contributed by atoms with van der Waals surface area (Å²) in [7, 11) is 0. The average molecular weight is 312 g/mol. The first-order chi connectivity index (χ1) is 11.1. The van der Waals surface area contributed by atoms with Crippen LogP contribution in [0.2, 0.25) is 0 Å². The summed E-state index contributed by atoms with van der Waals surface area (Å²) >= 11 is 0. The summed E-state index contributed by atoms with van der Waals surface area (Å²) in [6.45, 7) is 2.67. The van der Waals surface area contributed by atoms with E-state index in [0.717, 1.165) is 5.69 Å². The maximum Gasteiger partial charge on any atom is 0.342 e. The Labute approximate surface area is 132 Å². The summed E-state index contributed by atoms with van der Waals surface area (Å²) in [5, 5.41) is 19.2. The predicted octanol–water partition coefficient (Wildman–Crippen LogP) is 1.98. The highest BCUT2D eigenvalue weighted by Gasteiger charge is 2.17. The Hall–Kier alpha value is -3.03. The van der Waals surface area contributed by atoms with E-state index in [2.05, 4.69) is 15.3 Å². The van der Waals surface area contributed by atoms with Crippen molar-refractivity contribution in [3.05, 3.63) is 69.9 Å². The van der Waals surface area contributed by atoms with E-state index >= 15 is 0 Å². The van der Waals surface area contributed by atoms with Gasteiger partial charge >= 0.3 is 5.82 Å². The highest BCUT2D eigenvalue weighted by atomic mass is 16.6. The van der Waals surface area contributed by atoms with Gasteiger partial charge in [0.15, 0.2) is 5.82 Å². The molecule has 2 aromatic heterocycles. The fraction of sp³-hybridized carbons (Fsp3) is 0.267. The molecule has 0 N–H and O–H groups in total. The van der Waals surface area contributed by atoms with E-state index in [9.17, 15) is 10.1 Å². The van der Waals surface area contributed by atoms with Crippen molar-refractivity contribution in [2.75, 3.05) is 0 Å². The Morgan fingerprint density at radius 1 is 1.22 bits per heavy atom. The Morgan fingerprint density at radius 3 is 2.74 bits per heavy atom. The molecule has 23 heavy (non-hydrogen) atoms. The van der Waals surface area contributed by atoms with Crippen LogP contribution in [0.25, 0.3) is 0 Å². The fourth-order valence-corrected chi connectivity index (χ4v) is 2.41. The molecule has 3 rings (SSSR count). The van der Waals surface area contributed by atoms with Gasteiger partial charge in [-0.05, 0) is 10.5 Å². The smallest absolute Gasteiger partial charge is 0.342 e. The van der Waals surface area contributed by atoms with Gasteiger partial charge in [0.25, 0.3) is 0 Å². The van der Waals surface area contributed by atoms with Gasteiger partial charge in [-0.1, -0.05) is 35.5 Å². The molecule has 0 saturated heterocycles. The lowest BCUT2D eigenvalue weighted by Gasteiger charge is -2.02. The highest BCUT2D eigenvalue weighted by molar-refractivity contribution is 5.20. The zero-order valence-corrected chi connectivity index (χ0v) is 12.7. The van der Waals surface area contributed by atoms with E-state index in [0.29, 0.717) is 25.3 Å². The van der Waals surface area contributed by atoms with Crippen molar-refractivity contribution >= 4 is 5.82 Å². The molecule has 0 unspecified atom stereocenters. The lowest BCUT2D eigenvalue weighted by atomic mass is 10.1. The summed E-state index contributed by atoms with van der Waals surface area (Å²) in [5.74, 6) is 0.605. The molecule has 8 nitrogen and oxygen atoms in total. The number of nitrogens with zero attached hydrogens (tertiary/aromatic N) is 6. The Balaban J connectivity index is 1.66. The minimum Gasteiger partial charge on any atom is -0.358 e. The van der Waals surface area contributed by atoms with Crippen molar-refractivity contribution < 1.29 is 4.92 Å². The molecule has 1 aromatic carbocycles. The molecule has 0 spiro atoms. The molecule has 0 aliphatic carbocycles. The summed E-state index contributed by atoms with van der Waals surface area (Å²) in [6, 6.07) is 10.0. The molecule has 0 amide bonds. The second-order valence-corrected chi connectivity index (χ2v) is 5.21. The van der Waals surface area contributed by atoms with Crippen molar-refractivity contribution in [2.24, 2.45) is 0 Å². The van der Waals surface area contributed by atoms with E-state index in [-0.39, 0.29) is 5.82 Å². The number of aryl methyl sites for hydroxylation is 2. The molecule has 0 fully saturated rings. The molecule has 0 aliphatic heterocycles. The number of hydrogen-bond donors (Lipinski definition) is 0. The van der Waals surface area contributed by atoms with Gasteiger partial charge in [0.05, 0.1) is 12.2 Å². The molecular formula is C15H16N6O2. The highest BCUT2D eigenvalue weighted by Crippen LogP contribution is 2.13. The van der Waals surface area contributed by atoms with Gasteiger partial charge in [-0.25, -0.2) is 14.2 Å². The van der Waals surface area contributed by atoms with Crippen LogP contribution in [0.1, 0.15) is 17.1 Å². The zero-order chi connectivity index (χ0) is 16.2. The number of hydrogen-bond acceptors (Lipinski definition) is 5. The lowest BCUT2D eigenvalue weighted by Crippen LogP contribution is -2.11. The van der Waals surface area contributed by atoms with Gasteiger partial charge in [0.2, 0.25) is 0 Å². The Kier molecular flexibility index (Phi) is 4.13. The summed E-state index contributed by atoms with van der Waals surface area (Å²) in [4.78, 5) is 14.5. The maximum atomic E-state index is 11.0. The van der Waals surface area contributed by atoms with Gasteiger partial charge in [-0.15, -0.1) is 5.10 Å². The largest absolute Gasteiger partial charge is 0.358 e. The van der Waals surface area contributed by atoms with Crippen LogP contribution in [0.3, 0.4) is 0 Å². The maximum absolute atomic E-state index is 11.0. The molecule has 8 heteroatoms. The van der Waals surface area contributed by atoms with Gasteiger partial charge in [-0.2, -0.15) is 0 Å². The molecule has 3 aromatic rings. The molecule has 118 valence electrons. The number of imidazole rings is 1. The zero-order valence-electron chi connectivity index (χ0n) is 12.7. The Bertz CT molecular complexity index is 808. The van der Waals surface area contributed by atoms with Gasteiger partial charge < -0.3 is 10.1 Å². The molecule has 0 bridgehead atoms. The topological polar surface area (TPSA) is 91.7 Å². The molecule has 0 atom stereocenters. The fourth-order valence-electron chi connectivity index (χ4n) is 2.41. The van der Waals surface area contributed by atoms with Crippen LogP contribution in [0.4, 0.5) is 5.82 Å². The van der Waals surface area contributed by atoms with E-state index in [1.165, 1.54) is 11.8 Å². The van der Waals surface area contributed by atoms with Crippen molar-refractivity contribution in [2.45, 2.75) is 26.4 Å². The van der Waals surface area contributed by atoms with Crippen molar-refractivity contribution in [3.8, 4) is 0 Å². The summed E-state index contributed by atoms with van der Waals surface area (Å²) in [5.41, 5.74) is 2.04. The Morgan fingerprint density at radius 2 is 2.00 bits per heavy atom. The molecule has 0 aliphatic rings. The minimum absolute atomic E-state index is 0.00729. The number of benzene rings is 1. The van der Waals surface area contributed by atoms with E-state index in [1.54, 1.807) is 16.2 Å². The predicted molar refractivity (Wildman–Crippen MR) is 82.9 cm³/mol. The quantitative estimate of drug-likeness (QED) is 0.512.